The minimum atomic E-state index is -1.01. The lowest BCUT2D eigenvalue weighted by Gasteiger charge is -2.32. The number of hydrogen-bond donors (Lipinski definition) is 3. The van der Waals surface area contributed by atoms with Gasteiger partial charge in [-0.2, -0.15) is 0 Å². The van der Waals surface area contributed by atoms with Crippen molar-refractivity contribution in [2.24, 2.45) is 0 Å². The molecule has 1 aromatic rings. The van der Waals surface area contributed by atoms with E-state index in [1.54, 1.807) is 24.3 Å². The Labute approximate surface area is 162 Å². The van der Waals surface area contributed by atoms with Crippen LogP contribution in [0.4, 0.5) is 5.69 Å². The molecule has 3 atom stereocenters. The Bertz CT molecular complexity index is 818. The quantitative estimate of drug-likeness (QED) is 0.680. The molecule has 0 saturated carbocycles. The SMILES string of the molecule is CC(=O)Nc1ccc(C(=O)N[C@H]2CC=CC[C@@H]3CC[C@@H](C(=O)O)N3C2=O)cc1. The highest BCUT2D eigenvalue weighted by molar-refractivity contribution is 5.99. The molecule has 3 N–H and O–H groups in total. The summed E-state index contributed by atoms with van der Waals surface area (Å²) in [6.45, 7) is 1.39. The normalized spacial score (nSPS) is 24.1. The molecule has 2 aliphatic rings. The molecule has 0 aliphatic carbocycles. The summed E-state index contributed by atoms with van der Waals surface area (Å²) in [7, 11) is 0. The third kappa shape index (κ3) is 4.21. The monoisotopic (exact) mass is 385 g/mol. The zero-order valence-electron chi connectivity index (χ0n) is 15.6. The Morgan fingerprint density at radius 1 is 1.07 bits per heavy atom. The van der Waals surface area contributed by atoms with E-state index in [-0.39, 0.29) is 17.9 Å². The van der Waals surface area contributed by atoms with Gasteiger partial charge in [-0.25, -0.2) is 4.79 Å². The van der Waals surface area contributed by atoms with E-state index in [2.05, 4.69) is 10.6 Å². The highest BCUT2D eigenvalue weighted by Gasteiger charge is 2.43. The summed E-state index contributed by atoms with van der Waals surface area (Å²) in [5.41, 5.74) is 0.916. The molecule has 0 aromatic heterocycles. The first kappa shape index (κ1) is 19.6. The van der Waals surface area contributed by atoms with E-state index < -0.39 is 24.0 Å². The number of aliphatic carboxylic acids is 1. The van der Waals surface area contributed by atoms with Crippen LogP contribution in [-0.4, -0.2) is 51.8 Å². The molecule has 0 spiro atoms. The van der Waals surface area contributed by atoms with Crippen LogP contribution < -0.4 is 10.6 Å². The minimum Gasteiger partial charge on any atom is -0.480 e. The van der Waals surface area contributed by atoms with E-state index in [0.29, 0.717) is 36.9 Å². The highest BCUT2D eigenvalue weighted by Crippen LogP contribution is 2.29. The number of rotatable bonds is 4. The molecule has 0 unspecified atom stereocenters. The Balaban J connectivity index is 1.74. The van der Waals surface area contributed by atoms with Crippen LogP contribution in [0, 0.1) is 0 Å². The third-order valence-corrected chi connectivity index (χ3v) is 5.06. The summed E-state index contributed by atoms with van der Waals surface area (Å²) in [6, 6.07) is 4.51. The van der Waals surface area contributed by atoms with Crippen molar-refractivity contribution in [2.75, 3.05) is 5.32 Å². The fraction of sp³-hybridized carbons (Fsp3) is 0.400. The van der Waals surface area contributed by atoms with Gasteiger partial charge in [0.05, 0.1) is 0 Å². The van der Waals surface area contributed by atoms with Gasteiger partial charge in [0.1, 0.15) is 12.1 Å². The van der Waals surface area contributed by atoms with Gasteiger partial charge in [-0.15, -0.1) is 0 Å². The second kappa shape index (κ2) is 8.24. The van der Waals surface area contributed by atoms with Crippen LogP contribution >= 0.6 is 0 Å². The van der Waals surface area contributed by atoms with Crippen molar-refractivity contribution in [1.82, 2.24) is 10.2 Å². The van der Waals surface area contributed by atoms with Crippen molar-refractivity contribution in [3.8, 4) is 0 Å². The molecular weight excluding hydrogens is 362 g/mol. The van der Waals surface area contributed by atoms with E-state index in [1.165, 1.54) is 11.8 Å². The molecule has 1 fully saturated rings. The molecule has 3 amide bonds. The van der Waals surface area contributed by atoms with Crippen LogP contribution in [0.2, 0.25) is 0 Å². The van der Waals surface area contributed by atoms with Gasteiger partial charge >= 0.3 is 5.97 Å². The van der Waals surface area contributed by atoms with E-state index in [9.17, 15) is 24.3 Å². The van der Waals surface area contributed by atoms with Gasteiger partial charge in [0.15, 0.2) is 0 Å². The van der Waals surface area contributed by atoms with Crippen LogP contribution in [0.25, 0.3) is 0 Å². The van der Waals surface area contributed by atoms with Gasteiger partial charge in [-0.1, -0.05) is 12.2 Å². The predicted octanol–water partition coefficient (Wildman–Crippen LogP) is 1.54. The summed E-state index contributed by atoms with van der Waals surface area (Å²) >= 11 is 0. The lowest BCUT2D eigenvalue weighted by Crippen LogP contribution is -2.54. The molecule has 148 valence electrons. The maximum absolute atomic E-state index is 13.0. The topological polar surface area (TPSA) is 116 Å². The number of nitrogens with one attached hydrogen (secondary N) is 2. The number of nitrogens with zero attached hydrogens (tertiary/aromatic N) is 1. The fourth-order valence-corrected chi connectivity index (χ4v) is 3.73. The first-order valence-electron chi connectivity index (χ1n) is 9.25. The average molecular weight is 385 g/mol. The number of carboxylic acids is 1. The molecule has 0 bridgehead atoms. The first-order valence-corrected chi connectivity index (χ1v) is 9.25. The number of amides is 3. The number of fused-ring (bicyclic) bond motifs is 1. The Hall–Kier alpha value is -3.16. The smallest absolute Gasteiger partial charge is 0.326 e. The molecule has 1 aromatic carbocycles. The Morgan fingerprint density at radius 3 is 2.39 bits per heavy atom. The number of carboxylic acid groups (broad SMARTS) is 1. The fourth-order valence-electron chi connectivity index (χ4n) is 3.73. The van der Waals surface area contributed by atoms with Crippen molar-refractivity contribution < 1.29 is 24.3 Å². The summed E-state index contributed by atoms with van der Waals surface area (Å²) in [5.74, 6) is -2.01. The molecule has 0 radical (unpaired) electrons. The molecule has 28 heavy (non-hydrogen) atoms. The van der Waals surface area contributed by atoms with Crippen LogP contribution in [0.1, 0.15) is 43.0 Å². The van der Waals surface area contributed by atoms with Gasteiger partial charge in [-0.3, -0.25) is 14.4 Å². The number of hydrogen-bond acceptors (Lipinski definition) is 4. The van der Waals surface area contributed by atoms with Crippen molar-refractivity contribution >= 4 is 29.4 Å². The summed E-state index contributed by atoms with van der Waals surface area (Å²) < 4.78 is 0. The number of anilines is 1. The second-order valence-electron chi connectivity index (χ2n) is 7.06. The maximum atomic E-state index is 13.0. The maximum Gasteiger partial charge on any atom is 0.326 e. The lowest BCUT2D eigenvalue weighted by atomic mass is 10.0. The van der Waals surface area contributed by atoms with E-state index in [1.807, 2.05) is 12.2 Å². The van der Waals surface area contributed by atoms with Crippen LogP contribution in [0.5, 0.6) is 0 Å². The first-order chi connectivity index (χ1) is 13.4. The zero-order chi connectivity index (χ0) is 20.3. The largest absolute Gasteiger partial charge is 0.480 e. The van der Waals surface area contributed by atoms with Crippen molar-refractivity contribution in [3.05, 3.63) is 42.0 Å². The van der Waals surface area contributed by atoms with Gasteiger partial charge < -0.3 is 20.6 Å². The van der Waals surface area contributed by atoms with Crippen molar-refractivity contribution in [3.63, 3.8) is 0 Å². The molecule has 2 heterocycles. The second-order valence-corrected chi connectivity index (χ2v) is 7.06. The van der Waals surface area contributed by atoms with Gasteiger partial charge in [-0.05, 0) is 49.9 Å². The molecule has 3 rings (SSSR count). The number of benzene rings is 1. The minimum absolute atomic E-state index is 0.151. The molecule has 8 nitrogen and oxygen atoms in total. The summed E-state index contributed by atoms with van der Waals surface area (Å²) in [6.07, 6.45) is 5.79. The van der Waals surface area contributed by atoms with E-state index >= 15 is 0 Å². The van der Waals surface area contributed by atoms with Gasteiger partial charge in [0, 0.05) is 24.2 Å². The Kier molecular flexibility index (Phi) is 5.77. The van der Waals surface area contributed by atoms with Crippen molar-refractivity contribution in [2.45, 2.75) is 50.7 Å². The third-order valence-electron chi connectivity index (χ3n) is 5.06. The zero-order valence-corrected chi connectivity index (χ0v) is 15.6. The van der Waals surface area contributed by atoms with Crippen molar-refractivity contribution in [1.29, 1.82) is 0 Å². The molecule has 2 aliphatic heterocycles. The van der Waals surface area contributed by atoms with Gasteiger partial charge in [0.25, 0.3) is 5.91 Å². The van der Waals surface area contributed by atoms with E-state index in [0.717, 1.165) is 0 Å². The van der Waals surface area contributed by atoms with Crippen LogP contribution in [0.15, 0.2) is 36.4 Å². The molecule has 1 saturated heterocycles. The lowest BCUT2D eigenvalue weighted by molar-refractivity contribution is -0.150. The standard InChI is InChI=1S/C20H23N3O5/c1-12(24)21-14-8-6-13(7-9-14)18(25)22-16-5-3-2-4-15-10-11-17(20(27)28)23(15)19(16)26/h2-3,6-9,15-17H,4-5,10-11H2,1H3,(H,21,24)(H,22,25)(H,27,28)/t15-,16+,17+/m1/s1. The highest BCUT2D eigenvalue weighted by atomic mass is 16.4. The molecule has 8 heteroatoms. The average Bonchev–Trinajstić information content (AvgIpc) is 3.06. The predicted molar refractivity (Wildman–Crippen MR) is 102 cm³/mol. The summed E-state index contributed by atoms with van der Waals surface area (Å²) in [5, 5.41) is 14.8. The van der Waals surface area contributed by atoms with Gasteiger partial charge in [0.2, 0.25) is 11.8 Å². The van der Waals surface area contributed by atoms with E-state index in [4.69, 9.17) is 0 Å². The van der Waals surface area contributed by atoms with Crippen LogP contribution in [0.3, 0.4) is 0 Å². The Morgan fingerprint density at radius 2 is 1.75 bits per heavy atom. The summed E-state index contributed by atoms with van der Waals surface area (Å²) in [4.78, 5) is 49.6. The molecular formula is C20H23N3O5. The van der Waals surface area contributed by atoms with Crippen LogP contribution in [-0.2, 0) is 14.4 Å². The number of carbonyl (C=O) groups is 4. The number of carbonyl (C=O) groups excluding carboxylic acids is 3.